The second-order valence-electron chi connectivity index (χ2n) is 13.2. The summed E-state index contributed by atoms with van der Waals surface area (Å²) in [6.07, 6.45) is 5.13. The number of halogens is 5. The van der Waals surface area contributed by atoms with Gasteiger partial charge in [-0.05, 0) is 108 Å². The molecule has 8 nitrogen and oxygen atoms in total. The Morgan fingerprint density at radius 3 is 1.38 bits per heavy atom. The Balaban J connectivity index is 0.000000210. The van der Waals surface area contributed by atoms with Crippen molar-refractivity contribution in [3.63, 3.8) is 0 Å². The van der Waals surface area contributed by atoms with Crippen LogP contribution in [0.5, 0.6) is 11.5 Å². The van der Waals surface area contributed by atoms with E-state index in [9.17, 15) is 37.4 Å². The summed E-state index contributed by atoms with van der Waals surface area (Å²) in [6.45, 7) is 0. The first-order valence-electron chi connectivity index (χ1n) is 18.2. The molecule has 0 aliphatic carbocycles. The Labute approximate surface area is 342 Å². The summed E-state index contributed by atoms with van der Waals surface area (Å²) in [5.74, 6) is -3.06. The van der Waals surface area contributed by atoms with Gasteiger partial charge in [-0.25, -0.2) is 0 Å². The molecule has 0 bridgehead atoms. The molecule has 0 saturated heterocycles. The highest BCUT2D eigenvalue weighted by Crippen LogP contribution is 2.23. The molecule has 0 fully saturated rings. The molecule has 0 atom stereocenters. The van der Waals surface area contributed by atoms with E-state index < -0.39 is 36.4 Å². The molecule has 14 heteroatoms. The average Bonchev–Trinajstić information content (AvgIpc) is 3.18. The van der Waals surface area contributed by atoms with Crippen LogP contribution in [0, 0.1) is 23.8 Å². The Bertz CT molecular complexity index is 2230. The molecule has 2 aromatic heterocycles. The van der Waals surface area contributed by atoms with E-state index in [1.54, 1.807) is 60.7 Å². The number of phenolic OH excluding ortho intramolecular Hbond substituents is 2. The molecule has 0 spiro atoms. The molecule has 4 N–H and O–H groups in total. The topological polar surface area (TPSA) is 141 Å². The molecule has 58 heavy (non-hydrogen) atoms. The van der Waals surface area contributed by atoms with E-state index in [1.807, 2.05) is 24.3 Å². The van der Waals surface area contributed by atoms with Crippen LogP contribution in [-0.4, -0.2) is 48.9 Å². The van der Waals surface area contributed by atoms with Crippen LogP contribution in [0.4, 0.5) is 17.6 Å². The van der Waals surface area contributed by atoms with Crippen LogP contribution >= 0.6 is 15.9 Å². The number of pyridine rings is 2. The van der Waals surface area contributed by atoms with Crippen LogP contribution in [0.3, 0.4) is 0 Å². The number of Topliss-reactive ketones (excluding diaryl/α,β-unsaturated/α-hetero) is 2. The van der Waals surface area contributed by atoms with Crippen LogP contribution in [0.2, 0.25) is 0 Å². The first-order chi connectivity index (χ1) is 27.7. The van der Waals surface area contributed by atoms with Gasteiger partial charge in [0.15, 0.2) is 0 Å². The molecule has 2 heterocycles. The van der Waals surface area contributed by atoms with Gasteiger partial charge in [0.25, 0.3) is 0 Å². The maximum atomic E-state index is 13.7. The number of carbonyl (C=O) groups excluding carboxylic acids is 2. The number of aromatic nitrogens is 2. The van der Waals surface area contributed by atoms with Gasteiger partial charge in [-0.15, -0.1) is 0 Å². The van der Waals surface area contributed by atoms with Crippen LogP contribution in [0.25, 0.3) is 11.1 Å². The van der Waals surface area contributed by atoms with Gasteiger partial charge < -0.3 is 20.3 Å². The zero-order chi connectivity index (χ0) is 42.0. The van der Waals surface area contributed by atoms with Crippen LogP contribution < -0.4 is 5.46 Å². The zero-order valence-corrected chi connectivity index (χ0v) is 32.8. The Hall–Kier alpha value is -5.70. The Morgan fingerprint density at radius 2 is 0.948 bits per heavy atom. The monoisotopic (exact) mass is 858 g/mol. The van der Waals surface area contributed by atoms with Crippen molar-refractivity contribution in [3.05, 3.63) is 172 Å². The third-order valence-corrected chi connectivity index (χ3v) is 9.16. The molecule has 0 saturated carbocycles. The molecule has 0 aliphatic rings. The van der Waals surface area contributed by atoms with Crippen molar-refractivity contribution < 1.29 is 47.4 Å². The fourth-order valence-electron chi connectivity index (χ4n) is 5.58. The number of ketones is 2. The predicted molar refractivity (Wildman–Crippen MR) is 217 cm³/mol. The largest absolute Gasteiger partial charge is 0.508 e. The van der Waals surface area contributed by atoms with Crippen molar-refractivity contribution in [1.29, 1.82) is 0 Å². The lowest BCUT2D eigenvalue weighted by molar-refractivity contribution is -0.119. The minimum absolute atomic E-state index is 0.150. The highest BCUT2D eigenvalue weighted by molar-refractivity contribution is 9.10. The standard InChI is InChI=1S/C22H19F2NO2.C17H17BrO2.C5H4BF2NO2/c23-21-13-12-20(22(24)25-21)17-8-4-15(5-9-17)2-1-3-19(27)14-16-6-10-18(26)11-7-16;18-15-8-4-13(5-9-15)2-1-3-17(20)12-14-6-10-16(19)11-7-14;7-4-2-1-3(6(10)11)5(8)9-4/h4-13,26H,1-3,14H2;4-11,19H,1-3,12H2;1-2,10-11H. The van der Waals surface area contributed by atoms with E-state index in [0.29, 0.717) is 31.2 Å². The first kappa shape index (κ1) is 45.0. The van der Waals surface area contributed by atoms with Crippen molar-refractivity contribution in [2.24, 2.45) is 0 Å². The maximum Gasteiger partial charge on any atom is 0.493 e. The van der Waals surface area contributed by atoms with E-state index in [2.05, 4.69) is 38.0 Å². The summed E-state index contributed by atoms with van der Waals surface area (Å²) in [5.41, 5.74) is 4.59. The minimum atomic E-state index is -1.96. The number of aromatic hydroxyl groups is 2. The number of hydrogen-bond acceptors (Lipinski definition) is 8. The van der Waals surface area contributed by atoms with Gasteiger partial charge in [-0.1, -0.05) is 82.7 Å². The van der Waals surface area contributed by atoms with Crippen molar-refractivity contribution in [3.8, 4) is 22.6 Å². The number of aryl methyl sites for hydroxylation is 2. The normalized spacial score (nSPS) is 10.5. The van der Waals surface area contributed by atoms with Gasteiger partial charge in [0.05, 0.1) is 0 Å². The van der Waals surface area contributed by atoms with E-state index >= 15 is 0 Å². The van der Waals surface area contributed by atoms with Crippen molar-refractivity contribution >= 4 is 40.1 Å². The van der Waals surface area contributed by atoms with Crippen LogP contribution in [0.15, 0.2) is 126 Å². The number of phenols is 2. The van der Waals surface area contributed by atoms with Gasteiger partial charge in [-0.3, -0.25) is 9.59 Å². The predicted octanol–water partition coefficient (Wildman–Crippen LogP) is 8.20. The molecule has 4 aromatic carbocycles. The number of rotatable bonds is 14. The van der Waals surface area contributed by atoms with E-state index in [4.69, 9.17) is 10.0 Å². The fourth-order valence-corrected chi connectivity index (χ4v) is 5.85. The summed E-state index contributed by atoms with van der Waals surface area (Å²) < 4.78 is 52.2. The summed E-state index contributed by atoms with van der Waals surface area (Å²) in [6, 6.07) is 33.2. The lowest BCUT2D eigenvalue weighted by Gasteiger charge is -2.06. The average molecular weight is 860 g/mol. The lowest BCUT2D eigenvalue weighted by Crippen LogP contribution is -2.33. The van der Waals surface area contributed by atoms with Gasteiger partial charge >= 0.3 is 7.12 Å². The quantitative estimate of drug-likeness (QED) is 0.0489. The minimum Gasteiger partial charge on any atom is -0.508 e. The molecule has 6 aromatic rings. The molecule has 300 valence electrons. The Morgan fingerprint density at radius 1 is 0.534 bits per heavy atom. The SMILES string of the molecule is O=C(CCCc1ccc(-c2ccc(F)nc2F)cc1)Cc1ccc(O)cc1.O=C(CCCc1ccc(Br)cc1)Cc1ccc(O)cc1.OB(O)c1ccc(F)nc1F. The van der Waals surface area contributed by atoms with E-state index in [0.717, 1.165) is 65.0 Å². The molecule has 0 unspecified atom stereocenters. The third kappa shape index (κ3) is 15.7. The summed E-state index contributed by atoms with van der Waals surface area (Å²) >= 11 is 3.41. The Kier molecular flexibility index (Phi) is 17.8. The third-order valence-electron chi connectivity index (χ3n) is 8.63. The molecular weight excluding hydrogens is 819 g/mol. The highest BCUT2D eigenvalue weighted by Gasteiger charge is 2.17. The second kappa shape index (κ2) is 22.9. The van der Waals surface area contributed by atoms with Gasteiger partial charge in [0.1, 0.15) is 23.1 Å². The van der Waals surface area contributed by atoms with E-state index in [1.165, 1.54) is 11.6 Å². The van der Waals surface area contributed by atoms with Gasteiger partial charge in [-0.2, -0.15) is 27.5 Å². The van der Waals surface area contributed by atoms with Crippen LogP contribution in [-0.2, 0) is 35.3 Å². The van der Waals surface area contributed by atoms with Gasteiger partial charge in [0, 0.05) is 41.2 Å². The number of benzene rings is 4. The maximum absolute atomic E-state index is 13.7. The van der Waals surface area contributed by atoms with Crippen molar-refractivity contribution in [2.45, 2.75) is 51.4 Å². The van der Waals surface area contributed by atoms with Crippen molar-refractivity contribution in [2.75, 3.05) is 0 Å². The second-order valence-corrected chi connectivity index (χ2v) is 14.1. The smallest absolute Gasteiger partial charge is 0.493 e. The number of carbonyl (C=O) groups is 2. The molecular formula is C44H40BBrF4N2O6. The number of hydrogen-bond donors (Lipinski definition) is 4. The van der Waals surface area contributed by atoms with Crippen molar-refractivity contribution in [1.82, 2.24) is 9.97 Å². The highest BCUT2D eigenvalue weighted by atomic mass is 79.9. The molecule has 0 aliphatic heterocycles. The molecule has 6 rings (SSSR count). The summed E-state index contributed by atoms with van der Waals surface area (Å²) in [7, 11) is -1.96. The molecule has 0 radical (unpaired) electrons. The van der Waals surface area contributed by atoms with Crippen LogP contribution in [0.1, 0.15) is 47.9 Å². The first-order valence-corrected chi connectivity index (χ1v) is 19.0. The number of nitrogens with zero attached hydrogens (tertiary/aromatic N) is 2. The lowest BCUT2D eigenvalue weighted by atomic mass is 9.81. The van der Waals surface area contributed by atoms with E-state index in [-0.39, 0.29) is 28.6 Å². The summed E-state index contributed by atoms with van der Waals surface area (Å²) in [4.78, 5) is 29.9. The fraction of sp³-hybridized carbons (Fsp3) is 0.182. The molecule has 0 amide bonds. The van der Waals surface area contributed by atoms with Gasteiger partial charge in [0.2, 0.25) is 23.8 Å². The summed E-state index contributed by atoms with van der Waals surface area (Å²) in [5, 5.41) is 35.3. The zero-order valence-electron chi connectivity index (χ0n) is 31.2.